The van der Waals surface area contributed by atoms with E-state index < -0.39 is 0 Å². The molecule has 2 aromatic heterocycles. The lowest BCUT2D eigenvalue weighted by atomic mass is 10.0. The van der Waals surface area contributed by atoms with Crippen molar-refractivity contribution in [3.63, 3.8) is 0 Å². The first-order valence-corrected chi connectivity index (χ1v) is 9.34. The van der Waals surface area contributed by atoms with Gasteiger partial charge in [0, 0.05) is 13.1 Å². The first-order valence-electron chi connectivity index (χ1n) is 9.34. The monoisotopic (exact) mass is 366 g/mol. The molecule has 7 heteroatoms. The second-order valence-corrected chi connectivity index (χ2v) is 6.81. The summed E-state index contributed by atoms with van der Waals surface area (Å²) in [5.41, 5.74) is 2.60. The summed E-state index contributed by atoms with van der Waals surface area (Å²) in [5.74, 6) is 0.172. The quantitative estimate of drug-likeness (QED) is 0.664. The zero-order valence-electron chi connectivity index (χ0n) is 16.0. The number of carbonyl (C=O) groups excluding carboxylic acids is 1. The maximum atomic E-state index is 13.0. The van der Waals surface area contributed by atoms with Crippen LogP contribution in [0.1, 0.15) is 60.9 Å². The van der Waals surface area contributed by atoms with Crippen molar-refractivity contribution < 1.29 is 4.79 Å². The number of hydrogen-bond donors (Lipinski definition) is 1. The molecule has 0 aliphatic heterocycles. The molecular formula is C20H26N6O. The highest BCUT2D eigenvalue weighted by Crippen LogP contribution is 2.20. The summed E-state index contributed by atoms with van der Waals surface area (Å²) in [5, 5.41) is 11.9. The number of carbonyl (C=O) groups is 1. The molecule has 0 saturated heterocycles. The summed E-state index contributed by atoms with van der Waals surface area (Å²) in [4.78, 5) is 17.0. The highest BCUT2D eigenvalue weighted by Gasteiger charge is 2.20. The van der Waals surface area contributed by atoms with E-state index in [-0.39, 0.29) is 17.9 Å². The Kier molecular flexibility index (Phi) is 6.01. The Morgan fingerprint density at radius 2 is 2.00 bits per heavy atom. The molecule has 0 saturated carbocycles. The van der Waals surface area contributed by atoms with Crippen LogP contribution in [0, 0.1) is 0 Å². The van der Waals surface area contributed by atoms with Gasteiger partial charge in [0.05, 0.1) is 11.7 Å². The number of benzene rings is 1. The third-order valence-corrected chi connectivity index (χ3v) is 4.54. The van der Waals surface area contributed by atoms with Gasteiger partial charge in [0.25, 0.3) is 5.91 Å². The van der Waals surface area contributed by atoms with Crippen molar-refractivity contribution in [1.29, 1.82) is 0 Å². The first kappa shape index (κ1) is 18.8. The van der Waals surface area contributed by atoms with Crippen molar-refractivity contribution in [2.75, 3.05) is 0 Å². The first-order chi connectivity index (χ1) is 13.1. The number of nitrogens with zero attached hydrogens (tertiary/aromatic N) is 5. The number of rotatable bonds is 8. The molecule has 7 nitrogen and oxygen atoms in total. The third kappa shape index (κ3) is 4.61. The van der Waals surface area contributed by atoms with E-state index in [1.165, 1.54) is 6.33 Å². The topological polar surface area (TPSA) is 77.6 Å². The van der Waals surface area contributed by atoms with Gasteiger partial charge >= 0.3 is 0 Å². The smallest absolute Gasteiger partial charge is 0.270 e. The summed E-state index contributed by atoms with van der Waals surface area (Å²) in [7, 11) is 0. The predicted molar refractivity (Wildman–Crippen MR) is 103 cm³/mol. The van der Waals surface area contributed by atoms with E-state index in [0.717, 1.165) is 17.7 Å². The van der Waals surface area contributed by atoms with E-state index in [9.17, 15) is 4.79 Å². The lowest BCUT2D eigenvalue weighted by molar-refractivity contribution is 0.0922. The molecule has 0 bridgehead atoms. The number of amides is 1. The molecular weight excluding hydrogens is 340 g/mol. The highest BCUT2D eigenvalue weighted by atomic mass is 16.2. The van der Waals surface area contributed by atoms with Crippen molar-refractivity contribution in [2.45, 2.75) is 52.2 Å². The minimum Gasteiger partial charge on any atom is -0.344 e. The normalized spacial score (nSPS) is 12.3. The Morgan fingerprint density at radius 1 is 1.22 bits per heavy atom. The molecule has 0 aliphatic rings. The van der Waals surface area contributed by atoms with E-state index in [0.29, 0.717) is 18.8 Å². The number of aromatic nitrogens is 5. The van der Waals surface area contributed by atoms with E-state index in [1.54, 1.807) is 15.7 Å². The lowest BCUT2D eigenvalue weighted by Gasteiger charge is -2.19. The summed E-state index contributed by atoms with van der Waals surface area (Å²) >= 11 is 0. The SMILES string of the molecule is CCn1nc(C(C)C)cc1C(=O)NC(CCn1cncn1)c1ccccc1. The molecule has 1 atom stereocenters. The van der Waals surface area contributed by atoms with Gasteiger partial charge in [-0.25, -0.2) is 4.98 Å². The molecule has 2 heterocycles. The molecule has 0 spiro atoms. The van der Waals surface area contributed by atoms with Gasteiger partial charge in [-0.2, -0.15) is 10.2 Å². The van der Waals surface area contributed by atoms with E-state index >= 15 is 0 Å². The largest absolute Gasteiger partial charge is 0.344 e. The minimum absolute atomic E-state index is 0.108. The average Bonchev–Trinajstić information content (AvgIpc) is 3.35. The number of hydrogen-bond acceptors (Lipinski definition) is 4. The second kappa shape index (κ2) is 8.62. The Hall–Kier alpha value is -2.96. The Balaban J connectivity index is 1.79. The number of aryl methyl sites for hydroxylation is 2. The van der Waals surface area contributed by atoms with Gasteiger partial charge in [0.15, 0.2) is 0 Å². The fourth-order valence-electron chi connectivity index (χ4n) is 2.99. The van der Waals surface area contributed by atoms with Crippen molar-refractivity contribution in [2.24, 2.45) is 0 Å². The molecule has 1 amide bonds. The Labute approximate surface area is 159 Å². The van der Waals surface area contributed by atoms with Gasteiger partial charge in [-0.3, -0.25) is 14.2 Å². The van der Waals surface area contributed by atoms with Crippen LogP contribution in [0.5, 0.6) is 0 Å². The summed E-state index contributed by atoms with van der Waals surface area (Å²) < 4.78 is 3.54. The van der Waals surface area contributed by atoms with Gasteiger partial charge < -0.3 is 5.32 Å². The van der Waals surface area contributed by atoms with Gasteiger partial charge in [-0.1, -0.05) is 44.2 Å². The summed E-state index contributed by atoms with van der Waals surface area (Å²) in [6.07, 6.45) is 3.92. The number of nitrogens with one attached hydrogen (secondary N) is 1. The van der Waals surface area contributed by atoms with Crippen LogP contribution in [0.3, 0.4) is 0 Å². The van der Waals surface area contributed by atoms with Crippen LogP contribution in [0.4, 0.5) is 0 Å². The summed E-state index contributed by atoms with van der Waals surface area (Å²) in [6, 6.07) is 11.8. The third-order valence-electron chi connectivity index (χ3n) is 4.54. The van der Waals surface area contributed by atoms with Gasteiger partial charge in [0.1, 0.15) is 18.3 Å². The van der Waals surface area contributed by atoms with Crippen LogP contribution in [0.25, 0.3) is 0 Å². The Bertz CT molecular complexity index is 854. The van der Waals surface area contributed by atoms with E-state index in [1.807, 2.05) is 43.3 Å². The van der Waals surface area contributed by atoms with Crippen LogP contribution in [-0.4, -0.2) is 30.5 Å². The van der Waals surface area contributed by atoms with E-state index in [2.05, 4.69) is 34.3 Å². The maximum absolute atomic E-state index is 13.0. The predicted octanol–water partition coefficient (Wildman–Crippen LogP) is 3.18. The molecule has 142 valence electrons. The molecule has 1 aromatic carbocycles. The van der Waals surface area contributed by atoms with Gasteiger partial charge in [0.2, 0.25) is 0 Å². The zero-order chi connectivity index (χ0) is 19.2. The Morgan fingerprint density at radius 3 is 2.63 bits per heavy atom. The molecule has 0 radical (unpaired) electrons. The van der Waals surface area contributed by atoms with E-state index in [4.69, 9.17) is 0 Å². The molecule has 3 rings (SSSR count). The van der Waals surface area contributed by atoms with Crippen molar-refractivity contribution >= 4 is 5.91 Å². The fourth-order valence-corrected chi connectivity index (χ4v) is 2.99. The van der Waals surface area contributed by atoms with Crippen molar-refractivity contribution in [3.8, 4) is 0 Å². The molecule has 1 N–H and O–H groups in total. The van der Waals surface area contributed by atoms with Crippen molar-refractivity contribution in [1.82, 2.24) is 29.9 Å². The molecule has 3 aromatic rings. The molecule has 1 unspecified atom stereocenters. The zero-order valence-corrected chi connectivity index (χ0v) is 16.0. The summed E-state index contributed by atoms with van der Waals surface area (Å²) in [6.45, 7) is 7.48. The van der Waals surface area contributed by atoms with Gasteiger partial charge in [-0.05, 0) is 30.9 Å². The molecule has 0 aliphatic carbocycles. The fraction of sp³-hybridized carbons (Fsp3) is 0.400. The minimum atomic E-state index is -0.120. The van der Waals surface area contributed by atoms with Crippen LogP contribution in [-0.2, 0) is 13.1 Å². The van der Waals surface area contributed by atoms with Crippen molar-refractivity contribution in [3.05, 3.63) is 66.0 Å². The van der Waals surface area contributed by atoms with Crippen LogP contribution >= 0.6 is 0 Å². The van der Waals surface area contributed by atoms with Crippen LogP contribution < -0.4 is 5.32 Å². The molecule has 0 fully saturated rings. The highest BCUT2D eigenvalue weighted by molar-refractivity contribution is 5.93. The standard InChI is InChI=1S/C20H26N6O/c1-4-26-19(12-18(24-26)15(2)3)20(27)23-17(16-8-6-5-7-9-16)10-11-25-14-21-13-22-25/h5-9,12-15,17H,4,10-11H2,1-3H3,(H,23,27). The lowest BCUT2D eigenvalue weighted by Crippen LogP contribution is -2.31. The molecule has 27 heavy (non-hydrogen) atoms. The van der Waals surface area contributed by atoms with Crippen LogP contribution in [0.2, 0.25) is 0 Å². The average molecular weight is 366 g/mol. The maximum Gasteiger partial charge on any atom is 0.270 e. The van der Waals surface area contributed by atoms with Crippen LogP contribution in [0.15, 0.2) is 49.1 Å². The second-order valence-electron chi connectivity index (χ2n) is 6.81. The van der Waals surface area contributed by atoms with Gasteiger partial charge in [-0.15, -0.1) is 0 Å².